The molecule has 46 heavy (non-hydrogen) atoms. The largest absolute Gasteiger partial charge is 0.497 e. The lowest BCUT2D eigenvalue weighted by molar-refractivity contribution is 0.0385. The molecule has 9 nitrogen and oxygen atoms in total. The first-order valence-electron chi connectivity index (χ1n) is 14.6. The number of aromatic nitrogens is 3. The number of hydrogen-bond acceptors (Lipinski definition) is 9. The maximum absolute atomic E-state index is 15.0. The second kappa shape index (κ2) is 12.3. The second-order valence-corrected chi connectivity index (χ2v) is 14.8. The van der Waals surface area contributed by atoms with E-state index in [0.29, 0.717) is 28.8 Å². The van der Waals surface area contributed by atoms with Crippen molar-refractivity contribution in [2.24, 2.45) is 5.41 Å². The highest BCUT2D eigenvalue weighted by Crippen LogP contribution is 2.58. The Morgan fingerprint density at radius 3 is 2.33 bits per heavy atom. The summed E-state index contributed by atoms with van der Waals surface area (Å²) in [6.45, 7) is 0.0402. The summed E-state index contributed by atoms with van der Waals surface area (Å²) in [6.07, 6.45) is 7.30. The molecule has 4 aromatic rings. The topological polar surface area (TPSA) is 120 Å². The number of sulfone groups is 1. The summed E-state index contributed by atoms with van der Waals surface area (Å²) in [5.74, 6) is -5.39. The zero-order chi connectivity index (χ0) is 32.7. The van der Waals surface area contributed by atoms with Gasteiger partial charge in [-0.15, -0.1) is 11.3 Å². The molecule has 3 aliphatic carbocycles. The van der Waals surface area contributed by atoms with E-state index in [1.165, 1.54) is 24.6 Å². The van der Waals surface area contributed by atoms with Gasteiger partial charge in [0.1, 0.15) is 18.1 Å². The molecule has 1 N–H and O–H groups in total. The van der Waals surface area contributed by atoms with Crippen LogP contribution in [-0.2, 0) is 21.9 Å². The van der Waals surface area contributed by atoms with Crippen molar-refractivity contribution in [3.8, 4) is 22.9 Å². The van der Waals surface area contributed by atoms with E-state index in [0.717, 1.165) is 49.8 Å². The zero-order valence-corrected chi connectivity index (χ0v) is 26.7. The van der Waals surface area contributed by atoms with E-state index in [1.54, 1.807) is 30.3 Å². The molecule has 2 aromatic carbocycles. The fourth-order valence-corrected chi connectivity index (χ4v) is 7.88. The molecule has 2 bridgehead atoms. The Morgan fingerprint density at radius 1 is 0.978 bits per heavy atom. The van der Waals surface area contributed by atoms with Gasteiger partial charge in [0.15, 0.2) is 17.4 Å². The molecule has 0 spiro atoms. The molecule has 0 radical (unpaired) electrons. The number of nitrogens with one attached hydrogen (secondary N) is 1. The lowest BCUT2D eigenvalue weighted by Gasteiger charge is -2.52. The molecule has 0 unspecified atom stereocenters. The molecular formula is C32H31F3N4O5S2. The highest BCUT2D eigenvalue weighted by molar-refractivity contribution is 7.90. The SMILES string of the molecule is COc1ccc(COc2c(F)cc(C(=O)NCC34CCC(c5nc(-c6ccnc(S(C)(=O)=O)n6)cs5)(CC3)CC4)c(F)c2F)cc1. The van der Waals surface area contributed by atoms with Crippen molar-refractivity contribution < 1.29 is 35.9 Å². The Hall–Kier alpha value is -4.04. The summed E-state index contributed by atoms with van der Waals surface area (Å²) in [5, 5.41) is 5.30. The lowest BCUT2D eigenvalue weighted by Crippen LogP contribution is -2.49. The van der Waals surface area contributed by atoms with Crippen LogP contribution in [0, 0.1) is 22.9 Å². The van der Waals surface area contributed by atoms with Gasteiger partial charge < -0.3 is 14.8 Å². The molecule has 0 atom stereocenters. The predicted octanol–water partition coefficient (Wildman–Crippen LogP) is 6.03. The lowest BCUT2D eigenvalue weighted by atomic mass is 9.54. The van der Waals surface area contributed by atoms with Crippen LogP contribution in [0.1, 0.15) is 59.5 Å². The Balaban J connectivity index is 1.08. The summed E-state index contributed by atoms with van der Waals surface area (Å²) >= 11 is 1.52. The number of carbonyl (C=O) groups excluding carboxylic acids is 1. The molecule has 7 rings (SSSR count). The van der Waals surface area contributed by atoms with Crippen LogP contribution in [0.15, 0.2) is 53.1 Å². The van der Waals surface area contributed by atoms with Crippen LogP contribution in [-0.4, -0.2) is 49.2 Å². The van der Waals surface area contributed by atoms with Gasteiger partial charge in [-0.25, -0.2) is 32.2 Å². The van der Waals surface area contributed by atoms with Gasteiger partial charge in [0.25, 0.3) is 5.91 Å². The first kappa shape index (κ1) is 31.9. The van der Waals surface area contributed by atoms with E-state index in [9.17, 15) is 26.4 Å². The molecular weight excluding hydrogens is 642 g/mol. The second-order valence-electron chi connectivity index (χ2n) is 12.0. The molecule has 3 aliphatic rings. The minimum atomic E-state index is -3.56. The molecule has 3 fully saturated rings. The van der Waals surface area contributed by atoms with Crippen LogP contribution in [0.25, 0.3) is 11.4 Å². The molecule has 0 saturated heterocycles. The molecule has 14 heteroatoms. The fourth-order valence-electron chi connectivity index (χ4n) is 6.26. The summed E-state index contributed by atoms with van der Waals surface area (Å²) in [6, 6.07) is 8.92. The predicted molar refractivity (Wildman–Crippen MR) is 164 cm³/mol. The van der Waals surface area contributed by atoms with Crippen molar-refractivity contribution >= 4 is 27.1 Å². The average Bonchev–Trinajstić information content (AvgIpc) is 3.58. The third-order valence-electron chi connectivity index (χ3n) is 9.11. The zero-order valence-electron chi connectivity index (χ0n) is 25.1. The number of amides is 1. The highest BCUT2D eigenvalue weighted by Gasteiger charge is 2.50. The Bertz CT molecular complexity index is 1880. The van der Waals surface area contributed by atoms with Gasteiger partial charge in [0, 0.05) is 29.8 Å². The summed E-state index contributed by atoms with van der Waals surface area (Å²) < 4.78 is 78.7. The molecule has 2 aromatic heterocycles. The van der Waals surface area contributed by atoms with Crippen molar-refractivity contribution in [3.63, 3.8) is 0 Å². The smallest absolute Gasteiger partial charge is 0.254 e. The van der Waals surface area contributed by atoms with E-state index in [1.807, 2.05) is 5.38 Å². The number of ether oxygens (including phenoxy) is 2. The maximum Gasteiger partial charge on any atom is 0.254 e. The average molecular weight is 673 g/mol. The highest BCUT2D eigenvalue weighted by atomic mass is 32.2. The van der Waals surface area contributed by atoms with Crippen LogP contribution in [0.2, 0.25) is 0 Å². The van der Waals surface area contributed by atoms with Crippen molar-refractivity contribution in [3.05, 3.63) is 81.6 Å². The Kier molecular flexibility index (Phi) is 8.53. The number of benzene rings is 2. The number of fused-ring (bicyclic) bond motifs is 3. The minimum Gasteiger partial charge on any atom is -0.497 e. The van der Waals surface area contributed by atoms with Crippen LogP contribution >= 0.6 is 11.3 Å². The van der Waals surface area contributed by atoms with Crippen molar-refractivity contribution in [2.75, 3.05) is 19.9 Å². The molecule has 242 valence electrons. The van der Waals surface area contributed by atoms with Crippen LogP contribution in [0.4, 0.5) is 13.2 Å². The summed E-state index contributed by atoms with van der Waals surface area (Å²) in [4.78, 5) is 25.8. The first-order chi connectivity index (χ1) is 21.9. The summed E-state index contributed by atoms with van der Waals surface area (Å²) in [5.41, 5.74) is 0.549. The maximum atomic E-state index is 15.0. The number of thiazole rings is 1. The van der Waals surface area contributed by atoms with E-state index in [2.05, 4.69) is 15.3 Å². The van der Waals surface area contributed by atoms with E-state index >= 15 is 0 Å². The number of carbonyl (C=O) groups is 1. The molecule has 0 aliphatic heterocycles. The molecule has 3 saturated carbocycles. The molecule has 1 amide bonds. The van der Waals surface area contributed by atoms with Gasteiger partial charge in [-0.1, -0.05) is 12.1 Å². The number of rotatable bonds is 10. The third-order valence-corrected chi connectivity index (χ3v) is 11.1. The van der Waals surface area contributed by atoms with Gasteiger partial charge in [0.05, 0.1) is 23.4 Å². The number of methoxy groups -OCH3 is 1. The van der Waals surface area contributed by atoms with Crippen molar-refractivity contribution in [1.82, 2.24) is 20.3 Å². The van der Waals surface area contributed by atoms with E-state index < -0.39 is 44.5 Å². The normalized spacial score (nSPS) is 20.8. The summed E-state index contributed by atoms with van der Waals surface area (Å²) in [7, 11) is -2.05. The standard InChI is InChI=1S/C32H31F3N4O5S2/c1-43-20-5-3-19(4-6-20)16-44-27-22(33)15-21(25(34)26(27)35)28(40)37-18-31-8-11-32(12-9-31,13-10-31)29-38-24(17-45-29)23-7-14-36-30(39-23)46(2,41)42/h3-7,14-15,17H,8-13,16,18H2,1-2H3,(H,37,40). The van der Waals surface area contributed by atoms with Gasteiger partial charge >= 0.3 is 0 Å². The molecule has 2 heterocycles. The van der Waals surface area contributed by atoms with Crippen molar-refractivity contribution in [2.45, 2.75) is 55.7 Å². The van der Waals surface area contributed by atoms with Crippen molar-refractivity contribution in [1.29, 1.82) is 0 Å². The van der Waals surface area contributed by atoms with Gasteiger partial charge in [-0.2, -0.15) is 4.39 Å². The van der Waals surface area contributed by atoms with Crippen LogP contribution in [0.5, 0.6) is 11.5 Å². The minimum absolute atomic E-state index is 0.138. The van der Waals surface area contributed by atoms with Crippen LogP contribution < -0.4 is 14.8 Å². The number of halogens is 3. The van der Waals surface area contributed by atoms with E-state index in [-0.39, 0.29) is 29.1 Å². The van der Waals surface area contributed by atoms with Crippen LogP contribution in [0.3, 0.4) is 0 Å². The number of nitrogens with zero attached hydrogens (tertiary/aromatic N) is 3. The monoisotopic (exact) mass is 672 g/mol. The Labute approximate surface area is 268 Å². The quantitative estimate of drug-likeness (QED) is 0.160. The van der Waals surface area contributed by atoms with Gasteiger partial charge in [-0.05, 0) is 73.8 Å². The first-order valence-corrected chi connectivity index (χ1v) is 17.4. The van der Waals surface area contributed by atoms with Gasteiger partial charge in [0.2, 0.25) is 20.8 Å². The number of hydrogen-bond donors (Lipinski definition) is 1. The van der Waals surface area contributed by atoms with Gasteiger partial charge in [-0.3, -0.25) is 4.79 Å². The Morgan fingerprint density at radius 2 is 1.67 bits per heavy atom. The third kappa shape index (κ3) is 6.19. The van der Waals surface area contributed by atoms with E-state index in [4.69, 9.17) is 14.5 Å². The fraction of sp³-hybridized carbons (Fsp3) is 0.375.